The fraction of sp³-hybridized carbons (Fsp3) is 0.400. The van der Waals surface area contributed by atoms with Crippen molar-refractivity contribution in [2.75, 3.05) is 24.6 Å². The zero-order valence-corrected chi connectivity index (χ0v) is 16.0. The van der Waals surface area contributed by atoms with Crippen LogP contribution in [-0.2, 0) is 29.8 Å². The van der Waals surface area contributed by atoms with Gasteiger partial charge in [-0.25, -0.2) is 16.8 Å². The average Bonchev–Trinajstić information content (AvgIpc) is 2.36. The van der Waals surface area contributed by atoms with Crippen LogP contribution in [0.5, 0.6) is 0 Å². The monoisotopic (exact) mass is 396 g/mol. The number of rotatable bonds is 8. The Hall–Kier alpha value is -0.500. The molecule has 0 aliphatic heterocycles. The third kappa shape index (κ3) is 26.7. The molecule has 23 heavy (non-hydrogen) atoms. The minimum atomic E-state index is -4.23. The molecule has 0 radical (unpaired) electrons. The molecule has 0 saturated heterocycles. The fourth-order valence-electron chi connectivity index (χ4n) is 0.743. The predicted molar refractivity (Wildman–Crippen MR) is 81.3 cm³/mol. The molecule has 0 aromatic heterocycles. The molecule has 0 aromatic rings. The molecule has 0 saturated carbocycles. The minimum absolute atomic E-state index is 0. The van der Waals surface area contributed by atoms with Crippen molar-refractivity contribution >= 4 is 69.8 Å². The van der Waals surface area contributed by atoms with Gasteiger partial charge in [0.25, 0.3) is 0 Å². The topological polar surface area (TPSA) is 173 Å². The van der Waals surface area contributed by atoms with Gasteiger partial charge in [0.15, 0.2) is 0 Å². The third-order valence-electron chi connectivity index (χ3n) is 1.67. The smallest absolute Gasteiger partial charge is 0.748 e. The number of hydrogen-bond acceptors (Lipinski definition) is 8. The Morgan fingerprint density at radius 2 is 1.09 bits per heavy atom. The summed E-state index contributed by atoms with van der Waals surface area (Å²) < 4.78 is 59.8. The molecule has 10 nitrogen and oxygen atoms in total. The first kappa shape index (κ1) is 27.4. The quantitative estimate of drug-likeness (QED) is 0.253. The van der Waals surface area contributed by atoms with Crippen LogP contribution in [0.2, 0.25) is 0 Å². The van der Waals surface area contributed by atoms with Gasteiger partial charge in [-0.2, -0.15) is 0 Å². The summed E-state index contributed by atoms with van der Waals surface area (Å²) in [6.45, 7) is 5.93. The van der Waals surface area contributed by atoms with Gasteiger partial charge < -0.3 is 19.7 Å². The zero-order chi connectivity index (χ0) is 17.8. The predicted octanol–water partition coefficient (Wildman–Crippen LogP) is -2.71. The van der Waals surface area contributed by atoms with Crippen molar-refractivity contribution in [3.8, 4) is 0 Å². The first-order chi connectivity index (χ1) is 9.91. The van der Waals surface area contributed by atoms with Gasteiger partial charge in [0.05, 0.1) is 31.7 Å². The Morgan fingerprint density at radius 3 is 1.26 bits per heavy atom. The normalized spacial score (nSPS) is 10.2. The Bertz CT molecular complexity index is 546. The second kappa shape index (κ2) is 13.9. The van der Waals surface area contributed by atoms with E-state index in [1.807, 2.05) is 0 Å². The number of nitrogens with one attached hydrogen (secondary N) is 2. The number of amides is 2. The minimum Gasteiger partial charge on any atom is -0.748 e. The summed E-state index contributed by atoms with van der Waals surface area (Å²) in [5.41, 5.74) is 0. The first-order valence-electron chi connectivity index (χ1n) is 5.59. The van der Waals surface area contributed by atoms with Gasteiger partial charge in [0, 0.05) is 13.1 Å². The van der Waals surface area contributed by atoms with E-state index < -0.39 is 43.6 Å². The average molecular weight is 396 g/mol. The molecular weight excluding hydrogens is 380 g/mol. The van der Waals surface area contributed by atoms with Crippen LogP contribution in [0.3, 0.4) is 0 Å². The van der Waals surface area contributed by atoms with Gasteiger partial charge in [-0.05, 0) is 12.2 Å². The molecule has 0 atom stereocenters. The molecule has 13 heteroatoms. The van der Waals surface area contributed by atoms with Crippen molar-refractivity contribution in [3.63, 3.8) is 0 Å². The SMILES string of the molecule is C=CC(=O)NCCS(=O)(=O)[O-].C=CC(=O)NCCS(=O)(=O)[O-].[Ca+2]. The van der Waals surface area contributed by atoms with Crippen LogP contribution < -0.4 is 10.6 Å². The van der Waals surface area contributed by atoms with Gasteiger partial charge in [0.1, 0.15) is 0 Å². The summed E-state index contributed by atoms with van der Waals surface area (Å²) in [5.74, 6) is -2.17. The van der Waals surface area contributed by atoms with Crippen LogP contribution >= 0.6 is 0 Å². The van der Waals surface area contributed by atoms with E-state index in [2.05, 4.69) is 23.8 Å². The van der Waals surface area contributed by atoms with Gasteiger partial charge in [-0.3, -0.25) is 9.59 Å². The first-order valence-corrected chi connectivity index (χ1v) is 8.74. The van der Waals surface area contributed by atoms with Crippen LogP contribution in [-0.4, -0.2) is 100 Å². The van der Waals surface area contributed by atoms with E-state index in [-0.39, 0.29) is 50.8 Å². The third-order valence-corrected chi connectivity index (χ3v) is 3.08. The molecule has 2 amide bonds. The van der Waals surface area contributed by atoms with E-state index in [1.165, 1.54) is 0 Å². The molecule has 0 aliphatic rings. The van der Waals surface area contributed by atoms with Crippen molar-refractivity contribution in [1.82, 2.24) is 10.6 Å². The summed E-state index contributed by atoms with van der Waals surface area (Å²) in [5, 5.41) is 4.31. The molecule has 0 aromatic carbocycles. The molecule has 0 heterocycles. The molecule has 0 spiro atoms. The van der Waals surface area contributed by atoms with E-state index in [0.717, 1.165) is 12.2 Å². The van der Waals surface area contributed by atoms with Gasteiger partial charge in [-0.1, -0.05) is 13.2 Å². The largest absolute Gasteiger partial charge is 2.00 e. The standard InChI is InChI=1S/2C5H9NO4S.Ca/c2*1-2-5(7)6-3-4-11(8,9)10;/h2*2H,1,3-4H2,(H,6,7)(H,8,9,10);/q;;+2/p-2. The number of carbonyl (C=O) groups is 2. The molecule has 0 aliphatic carbocycles. The van der Waals surface area contributed by atoms with Gasteiger partial charge in [-0.15, -0.1) is 0 Å². The van der Waals surface area contributed by atoms with Gasteiger partial charge in [0.2, 0.25) is 11.8 Å². The van der Waals surface area contributed by atoms with Crippen LogP contribution in [0.15, 0.2) is 25.3 Å². The van der Waals surface area contributed by atoms with E-state index in [9.17, 15) is 35.5 Å². The molecular formula is C10H16CaN2O8S2. The van der Waals surface area contributed by atoms with Crippen LogP contribution in [0, 0.1) is 0 Å². The summed E-state index contributed by atoms with van der Waals surface area (Å²) >= 11 is 0. The second-order valence-electron chi connectivity index (χ2n) is 3.51. The van der Waals surface area contributed by atoms with Crippen molar-refractivity contribution in [3.05, 3.63) is 25.3 Å². The Morgan fingerprint density at radius 1 is 0.826 bits per heavy atom. The maximum atomic E-state index is 10.4. The van der Waals surface area contributed by atoms with Crippen molar-refractivity contribution < 1.29 is 35.5 Å². The zero-order valence-electron chi connectivity index (χ0n) is 12.2. The van der Waals surface area contributed by atoms with E-state index in [4.69, 9.17) is 0 Å². The molecule has 0 unspecified atom stereocenters. The summed E-state index contributed by atoms with van der Waals surface area (Å²) in [7, 11) is -8.45. The van der Waals surface area contributed by atoms with E-state index in [1.54, 1.807) is 0 Å². The molecule has 0 rings (SSSR count). The van der Waals surface area contributed by atoms with E-state index in [0.29, 0.717) is 0 Å². The number of carbonyl (C=O) groups excluding carboxylic acids is 2. The second-order valence-corrected chi connectivity index (χ2v) is 6.56. The Balaban J connectivity index is -0.000000333. The maximum Gasteiger partial charge on any atom is 2.00 e. The number of hydrogen-bond donors (Lipinski definition) is 2. The molecule has 0 bridgehead atoms. The molecule has 128 valence electrons. The molecule has 2 N–H and O–H groups in total. The van der Waals surface area contributed by atoms with Crippen LogP contribution in [0.4, 0.5) is 0 Å². The van der Waals surface area contributed by atoms with Crippen molar-refractivity contribution in [2.24, 2.45) is 0 Å². The van der Waals surface area contributed by atoms with E-state index >= 15 is 0 Å². The van der Waals surface area contributed by atoms with Crippen molar-refractivity contribution in [1.29, 1.82) is 0 Å². The Kier molecular flexibility index (Phi) is 16.5. The van der Waals surface area contributed by atoms with Gasteiger partial charge >= 0.3 is 37.7 Å². The summed E-state index contributed by atoms with van der Waals surface area (Å²) in [6, 6.07) is 0. The van der Waals surface area contributed by atoms with Crippen LogP contribution in [0.1, 0.15) is 0 Å². The molecule has 0 fully saturated rings. The summed E-state index contributed by atoms with van der Waals surface area (Å²) in [4.78, 5) is 20.7. The van der Waals surface area contributed by atoms with Crippen molar-refractivity contribution in [2.45, 2.75) is 0 Å². The maximum absolute atomic E-state index is 10.4. The summed E-state index contributed by atoms with van der Waals surface area (Å²) in [6.07, 6.45) is 1.99. The van der Waals surface area contributed by atoms with Crippen LogP contribution in [0.25, 0.3) is 0 Å². The Labute approximate surface area is 164 Å². The fourth-order valence-corrected chi connectivity index (χ4v) is 1.45.